The van der Waals surface area contributed by atoms with Gasteiger partial charge in [0, 0.05) is 19.0 Å². The monoisotopic (exact) mass is 178 g/mol. The van der Waals surface area contributed by atoms with Gasteiger partial charge in [-0.1, -0.05) is 6.92 Å². The maximum absolute atomic E-state index is 4.28. The van der Waals surface area contributed by atoms with Crippen LogP contribution < -0.4 is 5.32 Å². The van der Waals surface area contributed by atoms with E-state index in [0.29, 0.717) is 5.92 Å². The lowest BCUT2D eigenvalue weighted by atomic mass is 10.3. The number of rotatable bonds is 1. The number of nitrogens with one attached hydrogen (secondary N) is 1. The van der Waals surface area contributed by atoms with E-state index in [0.717, 1.165) is 31.4 Å². The summed E-state index contributed by atoms with van der Waals surface area (Å²) in [5.41, 5.74) is 0. The highest BCUT2D eigenvalue weighted by atomic mass is 15.3. The highest BCUT2D eigenvalue weighted by Crippen LogP contribution is 2.46. The molecule has 1 saturated carbocycles. The smallest absolute Gasteiger partial charge is 0.147 e. The second-order valence-electron chi connectivity index (χ2n) is 4.12. The first-order chi connectivity index (χ1) is 6.36. The van der Waals surface area contributed by atoms with Crippen molar-refractivity contribution in [3.8, 4) is 0 Å². The quantitative estimate of drug-likeness (QED) is 0.681. The van der Waals surface area contributed by atoms with Crippen LogP contribution in [-0.2, 0) is 13.1 Å². The zero-order chi connectivity index (χ0) is 8.84. The van der Waals surface area contributed by atoms with E-state index in [4.69, 9.17) is 0 Å². The molecule has 0 radical (unpaired) electrons. The Labute approximate surface area is 77.4 Å². The summed E-state index contributed by atoms with van der Waals surface area (Å²) in [4.78, 5) is 0. The van der Waals surface area contributed by atoms with Gasteiger partial charge in [-0.05, 0) is 12.3 Å². The summed E-state index contributed by atoms with van der Waals surface area (Å²) in [5.74, 6) is 3.85. The Kier molecular flexibility index (Phi) is 1.47. The normalized spacial score (nSPS) is 31.5. The second kappa shape index (κ2) is 2.54. The van der Waals surface area contributed by atoms with E-state index in [1.807, 2.05) is 0 Å². The molecule has 2 heterocycles. The van der Waals surface area contributed by atoms with Crippen molar-refractivity contribution in [3.05, 3.63) is 11.6 Å². The molecular weight excluding hydrogens is 164 g/mol. The Morgan fingerprint density at radius 2 is 2.31 bits per heavy atom. The fourth-order valence-electron chi connectivity index (χ4n) is 2.07. The molecule has 0 bridgehead atoms. The van der Waals surface area contributed by atoms with Crippen molar-refractivity contribution in [1.82, 2.24) is 20.1 Å². The van der Waals surface area contributed by atoms with Gasteiger partial charge in [0.05, 0.1) is 6.54 Å². The van der Waals surface area contributed by atoms with Crippen LogP contribution in [0.25, 0.3) is 0 Å². The van der Waals surface area contributed by atoms with Crippen molar-refractivity contribution in [3.63, 3.8) is 0 Å². The van der Waals surface area contributed by atoms with Crippen LogP contribution in [0.15, 0.2) is 0 Å². The first-order valence-electron chi connectivity index (χ1n) is 4.99. The molecule has 1 fully saturated rings. The third-order valence-electron chi connectivity index (χ3n) is 3.09. The molecule has 0 amide bonds. The SMILES string of the molecule is CC1CC1c1nnc2n1CCNC2. The number of hydrogen-bond acceptors (Lipinski definition) is 3. The van der Waals surface area contributed by atoms with E-state index in [2.05, 4.69) is 27.0 Å². The highest BCUT2D eigenvalue weighted by molar-refractivity contribution is 5.12. The Balaban J connectivity index is 1.97. The summed E-state index contributed by atoms with van der Waals surface area (Å²) in [5, 5.41) is 11.8. The fraction of sp³-hybridized carbons (Fsp3) is 0.778. The largest absolute Gasteiger partial charge is 0.312 e. The Hall–Kier alpha value is -0.900. The van der Waals surface area contributed by atoms with Gasteiger partial charge in [0.25, 0.3) is 0 Å². The summed E-state index contributed by atoms with van der Waals surface area (Å²) in [7, 11) is 0. The highest BCUT2D eigenvalue weighted by Gasteiger charge is 2.38. The molecule has 13 heavy (non-hydrogen) atoms. The summed E-state index contributed by atoms with van der Waals surface area (Å²) < 4.78 is 2.30. The molecule has 2 atom stereocenters. The van der Waals surface area contributed by atoms with Crippen LogP contribution in [0.5, 0.6) is 0 Å². The van der Waals surface area contributed by atoms with Crippen LogP contribution in [0, 0.1) is 5.92 Å². The maximum Gasteiger partial charge on any atom is 0.147 e. The minimum Gasteiger partial charge on any atom is -0.312 e. The van der Waals surface area contributed by atoms with Crippen molar-refractivity contribution >= 4 is 0 Å². The molecule has 1 aromatic rings. The summed E-state index contributed by atoms with van der Waals surface area (Å²) in [6, 6.07) is 0. The van der Waals surface area contributed by atoms with E-state index in [9.17, 15) is 0 Å². The molecule has 0 saturated heterocycles. The zero-order valence-corrected chi connectivity index (χ0v) is 7.82. The molecule has 3 rings (SSSR count). The zero-order valence-electron chi connectivity index (χ0n) is 7.82. The van der Waals surface area contributed by atoms with Gasteiger partial charge in [0.15, 0.2) is 0 Å². The molecule has 0 spiro atoms. The molecule has 1 aromatic heterocycles. The van der Waals surface area contributed by atoms with Gasteiger partial charge >= 0.3 is 0 Å². The Morgan fingerprint density at radius 1 is 1.46 bits per heavy atom. The van der Waals surface area contributed by atoms with E-state index in [1.165, 1.54) is 12.2 Å². The van der Waals surface area contributed by atoms with Crippen LogP contribution in [0.3, 0.4) is 0 Å². The molecule has 2 unspecified atom stereocenters. The molecule has 4 heteroatoms. The van der Waals surface area contributed by atoms with E-state index in [-0.39, 0.29) is 0 Å². The minimum absolute atomic E-state index is 0.694. The molecule has 4 nitrogen and oxygen atoms in total. The van der Waals surface area contributed by atoms with Gasteiger partial charge in [-0.15, -0.1) is 10.2 Å². The van der Waals surface area contributed by atoms with Gasteiger partial charge < -0.3 is 9.88 Å². The van der Waals surface area contributed by atoms with E-state index < -0.39 is 0 Å². The van der Waals surface area contributed by atoms with Crippen molar-refractivity contribution < 1.29 is 0 Å². The number of nitrogens with zero attached hydrogens (tertiary/aromatic N) is 3. The van der Waals surface area contributed by atoms with Gasteiger partial charge in [-0.3, -0.25) is 0 Å². The van der Waals surface area contributed by atoms with Crippen LogP contribution >= 0.6 is 0 Å². The molecule has 70 valence electrons. The predicted octanol–water partition coefficient (Wildman–Crippen LogP) is 0.505. The Bertz CT molecular complexity index is 330. The van der Waals surface area contributed by atoms with Gasteiger partial charge in [-0.25, -0.2) is 0 Å². The number of fused-ring (bicyclic) bond motifs is 1. The molecular formula is C9H14N4. The summed E-state index contributed by atoms with van der Waals surface area (Å²) in [6.45, 7) is 5.27. The molecule has 1 aliphatic heterocycles. The van der Waals surface area contributed by atoms with Crippen molar-refractivity contribution in [2.75, 3.05) is 6.54 Å². The van der Waals surface area contributed by atoms with E-state index >= 15 is 0 Å². The Morgan fingerprint density at radius 3 is 3.08 bits per heavy atom. The standard InChI is InChI=1S/C9H14N4/c1-6-4-7(6)9-12-11-8-5-10-2-3-13(8)9/h6-7,10H,2-5H2,1H3. The van der Waals surface area contributed by atoms with Gasteiger partial charge in [-0.2, -0.15) is 0 Å². The third-order valence-corrected chi connectivity index (χ3v) is 3.09. The topological polar surface area (TPSA) is 42.7 Å². The lowest BCUT2D eigenvalue weighted by molar-refractivity contribution is 0.492. The van der Waals surface area contributed by atoms with Gasteiger partial charge in [0.2, 0.25) is 0 Å². The predicted molar refractivity (Wildman–Crippen MR) is 48.3 cm³/mol. The van der Waals surface area contributed by atoms with Gasteiger partial charge in [0.1, 0.15) is 11.6 Å². The van der Waals surface area contributed by atoms with Crippen LogP contribution in [-0.4, -0.2) is 21.3 Å². The maximum atomic E-state index is 4.28. The van der Waals surface area contributed by atoms with Crippen molar-refractivity contribution in [2.24, 2.45) is 5.92 Å². The molecule has 2 aliphatic rings. The lowest BCUT2D eigenvalue weighted by Gasteiger charge is -2.15. The minimum atomic E-state index is 0.694. The van der Waals surface area contributed by atoms with E-state index in [1.54, 1.807) is 0 Å². The number of hydrogen-bond donors (Lipinski definition) is 1. The summed E-state index contributed by atoms with van der Waals surface area (Å²) >= 11 is 0. The first kappa shape index (κ1) is 7.50. The second-order valence-corrected chi connectivity index (χ2v) is 4.12. The average Bonchev–Trinajstić information content (AvgIpc) is 2.74. The first-order valence-corrected chi connectivity index (χ1v) is 4.99. The lowest BCUT2D eigenvalue weighted by Crippen LogP contribution is -2.29. The fourth-order valence-corrected chi connectivity index (χ4v) is 2.07. The average molecular weight is 178 g/mol. The van der Waals surface area contributed by atoms with Crippen LogP contribution in [0.2, 0.25) is 0 Å². The molecule has 1 N–H and O–H groups in total. The molecule has 0 aromatic carbocycles. The number of aromatic nitrogens is 3. The summed E-state index contributed by atoms with van der Waals surface area (Å²) in [6.07, 6.45) is 1.30. The van der Waals surface area contributed by atoms with Crippen molar-refractivity contribution in [1.29, 1.82) is 0 Å². The third kappa shape index (κ3) is 1.09. The van der Waals surface area contributed by atoms with Crippen molar-refractivity contribution in [2.45, 2.75) is 32.4 Å². The van der Waals surface area contributed by atoms with Crippen LogP contribution in [0.1, 0.15) is 30.9 Å². The van der Waals surface area contributed by atoms with Crippen LogP contribution in [0.4, 0.5) is 0 Å². The molecule has 1 aliphatic carbocycles.